The van der Waals surface area contributed by atoms with Crippen LogP contribution < -0.4 is 5.32 Å². The standard InChI is InChI=1S/C39H69NO13/c1-4-7-9-35(6-3)38(41)52-33-31-50-29-27-48-25-23-46-21-19-44-17-15-43-16-18-45-20-22-47-24-26-49-28-30-51-32-34-53-39(42)36-10-12-37(13-11-36)40-14-8-5-2/h10-13,35,40H,4-9,14-34H2,1-3H3. The predicted octanol–water partition coefficient (Wildman–Crippen LogP) is 4.96. The smallest absolute Gasteiger partial charge is 0.338 e. The molecule has 0 heterocycles. The maximum Gasteiger partial charge on any atom is 0.338 e. The molecular weight excluding hydrogens is 690 g/mol. The van der Waals surface area contributed by atoms with Gasteiger partial charge >= 0.3 is 11.9 Å². The fourth-order valence-electron chi connectivity index (χ4n) is 4.53. The van der Waals surface area contributed by atoms with Gasteiger partial charge in [0.15, 0.2) is 0 Å². The first-order chi connectivity index (χ1) is 26.1. The number of esters is 2. The van der Waals surface area contributed by atoms with Gasteiger partial charge in [-0.15, -0.1) is 0 Å². The number of rotatable bonds is 40. The molecule has 1 aromatic carbocycles. The second kappa shape index (κ2) is 37.9. The number of hydrogen-bond acceptors (Lipinski definition) is 14. The molecule has 0 aliphatic rings. The summed E-state index contributed by atoms with van der Waals surface area (Å²) in [6.07, 6.45) is 6.06. The Kier molecular flexibility index (Phi) is 34.8. The molecule has 53 heavy (non-hydrogen) atoms. The van der Waals surface area contributed by atoms with Crippen molar-refractivity contribution in [2.24, 2.45) is 5.92 Å². The number of hydrogen-bond donors (Lipinski definition) is 1. The number of anilines is 1. The van der Waals surface area contributed by atoms with Gasteiger partial charge in [-0.05, 0) is 43.5 Å². The van der Waals surface area contributed by atoms with E-state index in [1.165, 1.54) is 0 Å². The van der Waals surface area contributed by atoms with Crippen LogP contribution in [0.5, 0.6) is 0 Å². The van der Waals surface area contributed by atoms with E-state index in [2.05, 4.69) is 19.2 Å². The number of carbonyl (C=O) groups is 2. The fraction of sp³-hybridized carbons (Fsp3) is 0.795. The lowest BCUT2D eigenvalue weighted by Crippen LogP contribution is -2.20. The van der Waals surface area contributed by atoms with Crippen LogP contribution in [0.4, 0.5) is 5.69 Å². The molecule has 0 saturated heterocycles. The summed E-state index contributed by atoms with van der Waals surface area (Å²) in [5, 5.41) is 3.32. The van der Waals surface area contributed by atoms with Crippen molar-refractivity contribution in [3.8, 4) is 0 Å². The van der Waals surface area contributed by atoms with Crippen molar-refractivity contribution in [2.45, 2.75) is 59.3 Å². The summed E-state index contributed by atoms with van der Waals surface area (Å²) in [6.45, 7) is 15.8. The van der Waals surface area contributed by atoms with Gasteiger partial charge in [-0.1, -0.05) is 40.0 Å². The normalized spacial score (nSPS) is 11.8. The molecule has 0 aliphatic carbocycles. The van der Waals surface area contributed by atoms with E-state index in [-0.39, 0.29) is 31.1 Å². The van der Waals surface area contributed by atoms with E-state index in [4.69, 9.17) is 52.1 Å². The van der Waals surface area contributed by atoms with Gasteiger partial charge in [-0.2, -0.15) is 0 Å². The molecule has 14 heteroatoms. The minimum Gasteiger partial charge on any atom is -0.463 e. The van der Waals surface area contributed by atoms with Crippen molar-refractivity contribution in [1.29, 1.82) is 0 Å². The summed E-state index contributed by atoms with van der Waals surface area (Å²) >= 11 is 0. The first-order valence-corrected chi connectivity index (χ1v) is 19.5. The van der Waals surface area contributed by atoms with Crippen LogP contribution in [0.2, 0.25) is 0 Å². The zero-order valence-electron chi connectivity index (χ0n) is 32.8. The Hall–Kier alpha value is -2.40. The lowest BCUT2D eigenvalue weighted by Gasteiger charge is -2.13. The molecule has 0 amide bonds. The first kappa shape index (κ1) is 48.6. The lowest BCUT2D eigenvalue weighted by atomic mass is 10.00. The van der Waals surface area contributed by atoms with Gasteiger partial charge in [0.2, 0.25) is 0 Å². The maximum atomic E-state index is 12.1. The van der Waals surface area contributed by atoms with Gasteiger partial charge in [0.25, 0.3) is 0 Å². The van der Waals surface area contributed by atoms with Crippen LogP contribution in [-0.2, 0) is 56.9 Å². The molecule has 0 radical (unpaired) electrons. The number of ether oxygens (including phenoxy) is 11. The minimum absolute atomic E-state index is 0.00856. The maximum absolute atomic E-state index is 12.1. The van der Waals surface area contributed by atoms with E-state index in [0.29, 0.717) is 124 Å². The summed E-state index contributed by atoms with van der Waals surface area (Å²) in [5.74, 6) is -0.496. The van der Waals surface area contributed by atoms with Crippen LogP contribution in [-0.4, -0.2) is 151 Å². The number of benzene rings is 1. The molecule has 0 bridgehead atoms. The number of nitrogens with one attached hydrogen (secondary N) is 1. The molecule has 0 aromatic heterocycles. The SMILES string of the molecule is CCCCNc1ccc(C(=O)OCCOCCOCCOCCOCCOCCOCCOCCOCCOCCOC(=O)C(CC)CCCC)cc1. The summed E-state index contributed by atoms with van der Waals surface area (Å²) in [5.41, 5.74) is 1.51. The Bertz CT molecular complexity index is 954. The van der Waals surface area contributed by atoms with Crippen LogP contribution in [0.3, 0.4) is 0 Å². The summed E-state index contributed by atoms with van der Waals surface area (Å²) in [7, 11) is 0. The topological polar surface area (TPSA) is 148 Å². The van der Waals surface area contributed by atoms with Crippen molar-refractivity contribution in [3.63, 3.8) is 0 Å². The van der Waals surface area contributed by atoms with E-state index in [1.807, 2.05) is 19.1 Å². The Labute approximate surface area is 318 Å². The zero-order chi connectivity index (χ0) is 38.3. The highest BCUT2D eigenvalue weighted by Crippen LogP contribution is 2.14. The molecule has 1 rings (SSSR count). The lowest BCUT2D eigenvalue weighted by molar-refractivity contribution is -0.150. The largest absolute Gasteiger partial charge is 0.463 e. The third-order valence-electron chi connectivity index (χ3n) is 7.62. The molecule has 1 aromatic rings. The molecule has 0 fully saturated rings. The molecule has 1 unspecified atom stereocenters. The molecule has 14 nitrogen and oxygen atoms in total. The van der Waals surface area contributed by atoms with Gasteiger partial charge in [-0.25, -0.2) is 4.79 Å². The van der Waals surface area contributed by atoms with E-state index in [1.54, 1.807) is 12.1 Å². The van der Waals surface area contributed by atoms with Crippen molar-refractivity contribution in [2.75, 3.05) is 144 Å². The predicted molar refractivity (Wildman–Crippen MR) is 202 cm³/mol. The first-order valence-electron chi connectivity index (χ1n) is 19.5. The van der Waals surface area contributed by atoms with Crippen molar-refractivity contribution < 1.29 is 61.7 Å². The number of unbranched alkanes of at least 4 members (excludes halogenated alkanes) is 2. The van der Waals surface area contributed by atoms with E-state index >= 15 is 0 Å². The molecule has 1 N–H and O–H groups in total. The minimum atomic E-state index is -0.364. The Morgan fingerprint density at radius 1 is 0.491 bits per heavy atom. The summed E-state index contributed by atoms with van der Waals surface area (Å²) in [4.78, 5) is 24.2. The van der Waals surface area contributed by atoms with Gasteiger partial charge in [0.1, 0.15) is 13.2 Å². The van der Waals surface area contributed by atoms with Gasteiger partial charge in [0, 0.05) is 12.2 Å². The zero-order valence-corrected chi connectivity index (χ0v) is 32.8. The van der Waals surface area contributed by atoms with Gasteiger partial charge in [-0.3, -0.25) is 4.79 Å². The highest BCUT2D eigenvalue weighted by atomic mass is 16.6. The molecule has 0 spiro atoms. The second-order valence-electron chi connectivity index (χ2n) is 11.9. The summed E-state index contributed by atoms with van der Waals surface area (Å²) in [6, 6.07) is 7.28. The van der Waals surface area contributed by atoms with E-state index in [0.717, 1.165) is 50.8 Å². The molecule has 1 atom stereocenters. The van der Waals surface area contributed by atoms with Crippen molar-refractivity contribution >= 4 is 17.6 Å². The number of carbonyl (C=O) groups excluding carboxylic acids is 2. The van der Waals surface area contributed by atoms with E-state index in [9.17, 15) is 9.59 Å². The Morgan fingerprint density at radius 2 is 0.849 bits per heavy atom. The fourth-order valence-corrected chi connectivity index (χ4v) is 4.53. The van der Waals surface area contributed by atoms with Crippen LogP contribution >= 0.6 is 0 Å². The monoisotopic (exact) mass is 759 g/mol. The molecule has 308 valence electrons. The van der Waals surface area contributed by atoms with E-state index < -0.39 is 0 Å². The average Bonchev–Trinajstić information content (AvgIpc) is 3.17. The van der Waals surface area contributed by atoms with Crippen LogP contribution in [0, 0.1) is 5.92 Å². The highest BCUT2D eigenvalue weighted by molar-refractivity contribution is 5.89. The second-order valence-corrected chi connectivity index (χ2v) is 11.9. The third kappa shape index (κ3) is 30.6. The van der Waals surface area contributed by atoms with Crippen LogP contribution in [0.1, 0.15) is 69.7 Å². The van der Waals surface area contributed by atoms with Crippen molar-refractivity contribution in [3.05, 3.63) is 29.8 Å². The highest BCUT2D eigenvalue weighted by Gasteiger charge is 2.17. The molecule has 0 saturated carbocycles. The Morgan fingerprint density at radius 3 is 1.21 bits per heavy atom. The van der Waals surface area contributed by atoms with Crippen molar-refractivity contribution in [1.82, 2.24) is 0 Å². The average molecular weight is 760 g/mol. The van der Waals surface area contributed by atoms with Crippen LogP contribution in [0.25, 0.3) is 0 Å². The summed E-state index contributed by atoms with van der Waals surface area (Å²) < 4.78 is 59.8. The van der Waals surface area contributed by atoms with Gasteiger partial charge < -0.3 is 57.4 Å². The van der Waals surface area contributed by atoms with Gasteiger partial charge in [0.05, 0.1) is 130 Å². The molecular formula is C39H69NO13. The Balaban J connectivity index is 1.72. The third-order valence-corrected chi connectivity index (χ3v) is 7.62. The van der Waals surface area contributed by atoms with Crippen LogP contribution in [0.15, 0.2) is 24.3 Å². The molecule has 0 aliphatic heterocycles. The quantitative estimate of drug-likeness (QED) is 0.0710.